The molecule has 4 heteroatoms. The molecule has 0 bridgehead atoms. The lowest BCUT2D eigenvalue weighted by Gasteiger charge is -2.17. The molecule has 1 aromatic rings. The molecular weight excluding hydrogens is 180 g/mol. The number of hydrogen-bond acceptors (Lipinski definition) is 3. The van der Waals surface area contributed by atoms with Crippen molar-refractivity contribution in [2.45, 2.75) is 13.3 Å². The van der Waals surface area contributed by atoms with Crippen molar-refractivity contribution in [3.05, 3.63) is 24.0 Å². The van der Waals surface area contributed by atoms with Crippen LogP contribution in [0.5, 0.6) is 0 Å². The van der Waals surface area contributed by atoms with Gasteiger partial charge in [-0.3, -0.25) is 0 Å². The molecule has 0 atom stereocenters. The predicted octanol–water partition coefficient (Wildman–Crippen LogP) is 1.63. The predicted molar refractivity (Wildman–Crippen MR) is 54.8 cm³/mol. The Morgan fingerprint density at radius 2 is 2.29 bits per heavy atom. The van der Waals surface area contributed by atoms with E-state index in [-0.39, 0.29) is 5.69 Å². The van der Waals surface area contributed by atoms with Gasteiger partial charge in [-0.2, -0.15) is 0 Å². The molecule has 0 amide bonds. The zero-order valence-electron chi connectivity index (χ0n) is 8.40. The van der Waals surface area contributed by atoms with Gasteiger partial charge >= 0.3 is 5.97 Å². The van der Waals surface area contributed by atoms with Crippen LogP contribution in [0.1, 0.15) is 23.8 Å². The van der Waals surface area contributed by atoms with Crippen molar-refractivity contribution in [1.82, 2.24) is 4.98 Å². The lowest BCUT2D eigenvalue weighted by Crippen LogP contribution is -2.18. The zero-order valence-corrected chi connectivity index (χ0v) is 8.40. The number of nitrogens with zero attached hydrogens (tertiary/aromatic N) is 2. The fourth-order valence-electron chi connectivity index (χ4n) is 1.20. The molecular formula is C10H14N2O2. The van der Waals surface area contributed by atoms with Crippen molar-refractivity contribution < 1.29 is 9.90 Å². The summed E-state index contributed by atoms with van der Waals surface area (Å²) < 4.78 is 0. The first-order chi connectivity index (χ1) is 6.65. The third-order valence-electron chi connectivity index (χ3n) is 1.97. The number of rotatable bonds is 4. The van der Waals surface area contributed by atoms with Crippen molar-refractivity contribution in [1.29, 1.82) is 0 Å². The van der Waals surface area contributed by atoms with Gasteiger partial charge in [-0.1, -0.05) is 6.92 Å². The molecule has 0 saturated carbocycles. The van der Waals surface area contributed by atoms with E-state index in [9.17, 15) is 4.79 Å². The summed E-state index contributed by atoms with van der Waals surface area (Å²) >= 11 is 0. The van der Waals surface area contributed by atoms with E-state index >= 15 is 0 Å². The van der Waals surface area contributed by atoms with E-state index in [0.717, 1.165) is 18.7 Å². The van der Waals surface area contributed by atoms with E-state index in [1.54, 1.807) is 12.3 Å². The molecule has 0 saturated heterocycles. The van der Waals surface area contributed by atoms with Crippen molar-refractivity contribution in [2.24, 2.45) is 0 Å². The summed E-state index contributed by atoms with van der Waals surface area (Å²) in [4.78, 5) is 16.4. The van der Waals surface area contributed by atoms with Gasteiger partial charge in [0.1, 0.15) is 5.69 Å². The van der Waals surface area contributed by atoms with Crippen LogP contribution in [0.2, 0.25) is 0 Å². The molecule has 0 unspecified atom stereocenters. The number of hydrogen-bond donors (Lipinski definition) is 1. The number of aromatic nitrogens is 1. The van der Waals surface area contributed by atoms with Gasteiger partial charge in [-0.15, -0.1) is 0 Å². The fourth-order valence-corrected chi connectivity index (χ4v) is 1.20. The lowest BCUT2D eigenvalue weighted by molar-refractivity contribution is 0.0690. The van der Waals surface area contributed by atoms with E-state index in [0.29, 0.717) is 0 Å². The number of aromatic carboxylic acids is 1. The summed E-state index contributed by atoms with van der Waals surface area (Å²) in [5, 5.41) is 8.64. The van der Waals surface area contributed by atoms with Crippen LogP contribution >= 0.6 is 0 Å². The minimum atomic E-state index is -0.991. The number of carbonyl (C=O) groups is 1. The van der Waals surface area contributed by atoms with E-state index < -0.39 is 5.97 Å². The lowest BCUT2D eigenvalue weighted by atomic mass is 10.3. The highest BCUT2D eigenvalue weighted by molar-refractivity contribution is 5.85. The molecule has 0 aliphatic rings. The monoisotopic (exact) mass is 194 g/mol. The van der Waals surface area contributed by atoms with Gasteiger partial charge in [0.25, 0.3) is 0 Å². The Morgan fingerprint density at radius 3 is 2.71 bits per heavy atom. The second-order valence-corrected chi connectivity index (χ2v) is 3.13. The third-order valence-corrected chi connectivity index (χ3v) is 1.97. The standard InChI is InChI=1S/C10H14N2O2/c1-3-6-12(2)8-4-5-9(10(13)14)11-7-8/h4-5,7H,3,6H2,1-2H3,(H,13,14). The normalized spacial score (nSPS) is 9.86. The Kier molecular flexibility index (Phi) is 3.45. The molecule has 14 heavy (non-hydrogen) atoms. The van der Waals surface area contributed by atoms with Crippen molar-refractivity contribution in [3.8, 4) is 0 Å². The summed E-state index contributed by atoms with van der Waals surface area (Å²) in [6.45, 7) is 3.03. The van der Waals surface area contributed by atoms with Gasteiger partial charge in [-0.25, -0.2) is 9.78 Å². The van der Waals surface area contributed by atoms with Gasteiger partial charge in [0.2, 0.25) is 0 Å². The number of pyridine rings is 1. The summed E-state index contributed by atoms with van der Waals surface area (Å²) in [5.41, 5.74) is 1.02. The van der Waals surface area contributed by atoms with Crippen LogP contribution in [0, 0.1) is 0 Å². The van der Waals surface area contributed by atoms with Gasteiger partial charge in [0.15, 0.2) is 0 Å². The molecule has 4 nitrogen and oxygen atoms in total. The van der Waals surface area contributed by atoms with E-state index in [2.05, 4.69) is 11.9 Å². The first-order valence-electron chi connectivity index (χ1n) is 4.55. The van der Waals surface area contributed by atoms with Crippen LogP contribution in [0.3, 0.4) is 0 Å². The van der Waals surface area contributed by atoms with E-state index in [4.69, 9.17) is 5.11 Å². The number of carboxylic acid groups (broad SMARTS) is 1. The Balaban J connectivity index is 2.77. The number of carboxylic acids is 1. The fraction of sp³-hybridized carbons (Fsp3) is 0.400. The van der Waals surface area contributed by atoms with E-state index in [1.807, 2.05) is 11.9 Å². The Bertz CT molecular complexity index is 308. The SMILES string of the molecule is CCCN(C)c1ccc(C(=O)O)nc1. The van der Waals surface area contributed by atoms with Crippen molar-refractivity contribution >= 4 is 11.7 Å². The van der Waals surface area contributed by atoms with E-state index in [1.165, 1.54) is 6.07 Å². The average Bonchev–Trinajstić information content (AvgIpc) is 2.18. The molecule has 0 aromatic carbocycles. The maximum atomic E-state index is 10.5. The minimum absolute atomic E-state index is 0.0821. The highest BCUT2D eigenvalue weighted by Crippen LogP contribution is 2.11. The van der Waals surface area contributed by atoms with Crippen LogP contribution in [0.4, 0.5) is 5.69 Å². The van der Waals surface area contributed by atoms with Gasteiger partial charge in [-0.05, 0) is 18.6 Å². The molecule has 1 N–H and O–H groups in total. The maximum absolute atomic E-state index is 10.5. The molecule has 1 rings (SSSR count). The molecule has 0 fully saturated rings. The van der Waals surface area contributed by atoms with Gasteiger partial charge in [0.05, 0.1) is 11.9 Å². The summed E-state index contributed by atoms with van der Waals surface area (Å²) in [6, 6.07) is 3.29. The highest BCUT2D eigenvalue weighted by Gasteiger charge is 2.05. The minimum Gasteiger partial charge on any atom is -0.477 e. The van der Waals surface area contributed by atoms with Crippen LogP contribution in [-0.4, -0.2) is 29.7 Å². The molecule has 1 aromatic heterocycles. The number of anilines is 1. The Morgan fingerprint density at radius 1 is 1.57 bits per heavy atom. The molecule has 1 heterocycles. The van der Waals surface area contributed by atoms with Crippen LogP contribution < -0.4 is 4.90 Å². The summed E-state index contributed by atoms with van der Waals surface area (Å²) in [6.07, 6.45) is 2.64. The second kappa shape index (κ2) is 4.60. The largest absolute Gasteiger partial charge is 0.477 e. The van der Waals surface area contributed by atoms with Crippen LogP contribution in [0.25, 0.3) is 0 Å². The Labute approximate surface area is 83.2 Å². The molecule has 0 aliphatic carbocycles. The Hall–Kier alpha value is -1.58. The molecule has 0 radical (unpaired) electrons. The third kappa shape index (κ3) is 2.45. The quantitative estimate of drug-likeness (QED) is 0.791. The second-order valence-electron chi connectivity index (χ2n) is 3.13. The summed E-state index contributed by atoms with van der Waals surface area (Å²) in [7, 11) is 1.96. The first kappa shape index (κ1) is 10.5. The summed E-state index contributed by atoms with van der Waals surface area (Å²) in [5.74, 6) is -0.991. The highest BCUT2D eigenvalue weighted by atomic mass is 16.4. The first-order valence-corrected chi connectivity index (χ1v) is 4.55. The molecule has 0 spiro atoms. The van der Waals surface area contributed by atoms with Gasteiger partial charge in [0, 0.05) is 13.6 Å². The molecule has 0 aliphatic heterocycles. The van der Waals surface area contributed by atoms with Crippen molar-refractivity contribution in [3.63, 3.8) is 0 Å². The zero-order chi connectivity index (χ0) is 10.6. The van der Waals surface area contributed by atoms with Crippen LogP contribution in [-0.2, 0) is 0 Å². The van der Waals surface area contributed by atoms with Crippen LogP contribution in [0.15, 0.2) is 18.3 Å². The molecule has 76 valence electrons. The smallest absolute Gasteiger partial charge is 0.354 e. The van der Waals surface area contributed by atoms with Crippen molar-refractivity contribution in [2.75, 3.05) is 18.5 Å². The van der Waals surface area contributed by atoms with Gasteiger partial charge < -0.3 is 10.0 Å². The average molecular weight is 194 g/mol. The topological polar surface area (TPSA) is 53.4 Å². The maximum Gasteiger partial charge on any atom is 0.354 e.